The molecule has 0 amide bonds. The molecule has 3 nitrogen and oxygen atoms in total. The number of hydrogen-bond acceptors (Lipinski definition) is 2. The average molecular weight is 221 g/mol. The van der Waals surface area contributed by atoms with E-state index in [1.54, 1.807) is 0 Å². The quantitative estimate of drug-likeness (QED) is 0.778. The Kier molecular flexibility index (Phi) is 3.33. The monoisotopic (exact) mass is 220 g/mol. The van der Waals surface area contributed by atoms with Crippen molar-refractivity contribution in [2.45, 2.75) is 25.6 Å². The summed E-state index contributed by atoms with van der Waals surface area (Å²) >= 11 is 11.3. The maximum Gasteiger partial charge on any atom is 0.270 e. The number of hydrogen-bond donors (Lipinski definition) is 1. The number of aromatic nitrogens is 2. The molecule has 0 aliphatic heterocycles. The first-order valence-electron chi connectivity index (χ1n) is 3.90. The zero-order valence-electron chi connectivity index (χ0n) is 7.40. The summed E-state index contributed by atoms with van der Waals surface area (Å²) in [7, 11) is 0. The fourth-order valence-corrected chi connectivity index (χ4v) is 1.30. The van der Waals surface area contributed by atoms with Gasteiger partial charge in [-0.05, 0) is 0 Å². The van der Waals surface area contributed by atoms with Crippen LogP contribution in [0.3, 0.4) is 0 Å². The van der Waals surface area contributed by atoms with Crippen molar-refractivity contribution in [1.29, 1.82) is 0 Å². The van der Waals surface area contributed by atoms with E-state index >= 15 is 0 Å². The molecule has 5 heteroatoms. The van der Waals surface area contributed by atoms with Crippen LogP contribution in [0, 0.1) is 0 Å². The van der Waals surface area contributed by atoms with Crippen LogP contribution in [0.4, 0.5) is 0 Å². The van der Waals surface area contributed by atoms with Crippen LogP contribution in [-0.4, -0.2) is 9.97 Å². The number of aromatic amines is 1. The highest BCUT2D eigenvalue weighted by Crippen LogP contribution is 2.13. The molecule has 0 bridgehead atoms. The zero-order valence-corrected chi connectivity index (χ0v) is 8.91. The van der Waals surface area contributed by atoms with Gasteiger partial charge in [0.2, 0.25) is 0 Å². The van der Waals surface area contributed by atoms with Crippen molar-refractivity contribution in [2.24, 2.45) is 0 Å². The molecule has 1 aromatic rings. The minimum absolute atomic E-state index is 0.0828. The summed E-state index contributed by atoms with van der Waals surface area (Å²) in [5.74, 6) is 0.930. The predicted molar refractivity (Wildman–Crippen MR) is 53.5 cm³/mol. The molecule has 1 rings (SSSR count). The summed E-state index contributed by atoms with van der Waals surface area (Å²) in [6.45, 7) is 3.87. The van der Waals surface area contributed by atoms with Crippen molar-refractivity contribution in [2.75, 3.05) is 0 Å². The first kappa shape index (κ1) is 10.5. The van der Waals surface area contributed by atoms with Gasteiger partial charge in [-0.2, -0.15) is 0 Å². The molecule has 0 atom stereocenters. The molecular formula is C8H10Cl2N2O. The summed E-state index contributed by atoms with van der Waals surface area (Å²) in [5.41, 5.74) is 0.117. The standard InChI is InChI=1S/C8H10Cl2N2O/c1-4(2)7-11-5(3-9)6(10)8(13)12-7/h4H,3H2,1-2H3,(H,11,12,13). The van der Waals surface area contributed by atoms with Gasteiger partial charge in [-0.3, -0.25) is 4.79 Å². The molecule has 1 heterocycles. The van der Waals surface area contributed by atoms with Gasteiger partial charge in [0.25, 0.3) is 5.56 Å². The maximum absolute atomic E-state index is 11.2. The Morgan fingerprint density at radius 1 is 1.54 bits per heavy atom. The molecule has 1 N–H and O–H groups in total. The fraction of sp³-hybridized carbons (Fsp3) is 0.500. The lowest BCUT2D eigenvalue weighted by Crippen LogP contribution is -2.15. The van der Waals surface area contributed by atoms with Gasteiger partial charge in [-0.25, -0.2) is 4.98 Å². The SMILES string of the molecule is CC(C)c1nc(CCl)c(Cl)c(=O)[nH]1. The highest BCUT2D eigenvalue weighted by molar-refractivity contribution is 6.31. The predicted octanol–water partition coefficient (Wildman–Crippen LogP) is 2.29. The first-order valence-corrected chi connectivity index (χ1v) is 4.82. The van der Waals surface area contributed by atoms with Crippen LogP contribution >= 0.6 is 23.2 Å². The lowest BCUT2D eigenvalue weighted by atomic mass is 10.2. The number of nitrogens with zero attached hydrogens (tertiary/aromatic N) is 1. The Labute approximate surface area is 86.1 Å². The fourth-order valence-electron chi connectivity index (χ4n) is 0.887. The van der Waals surface area contributed by atoms with Crippen LogP contribution in [0.2, 0.25) is 5.02 Å². The molecule has 0 aromatic carbocycles. The van der Waals surface area contributed by atoms with Gasteiger partial charge in [0.05, 0.1) is 11.6 Å². The summed E-state index contributed by atoms with van der Waals surface area (Å²) < 4.78 is 0. The van der Waals surface area contributed by atoms with Crippen molar-refractivity contribution in [3.8, 4) is 0 Å². The van der Waals surface area contributed by atoms with E-state index in [9.17, 15) is 4.79 Å². The topological polar surface area (TPSA) is 45.8 Å². The Bertz CT molecular complexity index is 360. The Hall–Kier alpha value is -0.540. The molecule has 0 aliphatic carbocycles. The summed E-state index contributed by atoms with van der Waals surface area (Å²) in [6.07, 6.45) is 0. The van der Waals surface area contributed by atoms with Gasteiger partial charge in [0, 0.05) is 5.92 Å². The largest absolute Gasteiger partial charge is 0.309 e. The maximum atomic E-state index is 11.2. The third kappa shape index (κ3) is 2.23. The molecule has 72 valence electrons. The number of alkyl halides is 1. The van der Waals surface area contributed by atoms with Gasteiger partial charge in [-0.1, -0.05) is 25.4 Å². The average Bonchev–Trinajstić information content (AvgIpc) is 2.09. The molecule has 0 fully saturated rings. The molecule has 13 heavy (non-hydrogen) atoms. The van der Waals surface area contributed by atoms with Crippen LogP contribution in [0.15, 0.2) is 4.79 Å². The summed E-state index contributed by atoms with van der Waals surface area (Å²) in [6, 6.07) is 0. The van der Waals surface area contributed by atoms with E-state index in [1.165, 1.54) is 0 Å². The molecule has 0 spiro atoms. The number of rotatable bonds is 2. The second-order valence-corrected chi connectivity index (χ2v) is 3.65. The van der Waals surface area contributed by atoms with Crippen molar-refractivity contribution < 1.29 is 0 Å². The van der Waals surface area contributed by atoms with Crippen molar-refractivity contribution in [1.82, 2.24) is 9.97 Å². The first-order chi connectivity index (χ1) is 6.06. The van der Waals surface area contributed by atoms with E-state index in [0.717, 1.165) is 0 Å². The lowest BCUT2D eigenvalue weighted by Gasteiger charge is -2.06. The van der Waals surface area contributed by atoms with Crippen LogP contribution < -0.4 is 5.56 Å². The van der Waals surface area contributed by atoms with Crippen LogP contribution in [0.1, 0.15) is 31.3 Å². The number of nitrogens with one attached hydrogen (secondary N) is 1. The molecule has 0 saturated carbocycles. The van der Waals surface area contributed by atoms with Gasteiger partial charge in [0.1, 0.15) is 10.8 Å². The zero-order chi connectivity index (χ0) is 10.0. The molecule has 0 unspecified atom stereocenters. The van der Waals surface area contributed by atoms with Gasteiger partial charge in [0.15, 0.2) is 0 Å². The van der Waals surface area contributed by atoms with Crippen molar-refractivity contribution >= 4 is 23.2 Å². The normalized spacial score (nSPS) is 10.8. The third-order valence-corrected chi connectivity index (χ3v) is 2.27. The Balaban J connectivity index is 3.31. The second kappa shape index (κ2) is 4.11. The van der Waals surface area contributed by atoms with Crippen molar-refractivity contribution in [3.63, 3.8) is 0 Å². The minimum Gasteiger partial charge on any atom is -0.309 e. The molecule has 1 aromatic heterocycles. The van der Waals surface area contributed by atoms with E-state index < -0.39 is 0 Å². The number of H-pyrrole nitrogens is 1. The third-order valence-electron chi connectivity index (χ3n) is 1.62. The van der Waals surface area contributed by atoms with E-state index in [-0.39, 0.29) is 22.4 Å². The van der Waals surface area contributed by atoms with E-state index in [4.69, 9.17) is 23.2 Å². The smallest absolute Gasteiger partial charge is 0.270 e. The highest BCUT2D eigenvalue weighted by atomic mass is 35.5. The second-order valence-electron chi connectivity index (χ2n) is 3.00. The van der Waals surface area contributed by atoms with E-state index in [2.05, 4.69) is 9.97 Å². The van der Waals surface area contributed by atoms with Crippen LogP contribution in [0.25, 0.3) is 0 Å². The van der Waals surface area contributed by atoms with Gasteiger partial charge in [-0.15, -0.1) is 11.6 Å². The highest BCUT2D eigenvalue weighted by Gasteiger charge is 2.09. The van der Waals surface area contributed by atoms with Crippen LogP contribution in [0.5, 0.6) is 0 Å². The molecular weight excluding hydrogens is 211 g/mol. The summed E-state index contributed by atoms with van der Waals surface area (Å²) in [5, 5.41) is 0.0828. The van der Waals surface area contributed by atoms with Crippen molar-refractivity contribution in [3.05, 3.63) is 26.9 Å². The molecule has 0 aliphatic rings. The molecule has 0 radical (unpaired) electrons. The van der Waals surface area contributed by atoms with Crippen LogP contribution in [-0.2, 0) is 5.88 Å². The van der Waals surface area contributed by atoms with E-state index in [1.807, 2.05) is 13.8 Å². The molecule has 0 saturated heterocycles. The minimum atomic E-state index is -0.323. The lowest BCUT2D eigenvalue weighted by molar-refractivity contribution is 0.757. The van der Waals surface area contributed by atoms with Gasteiger partial charge >= 0.3 is 0 Å². The Morgan fingerprint density at radius 2 is 2.15 bits per heavy atom. The summed E-state index contributed by atoms with van der Waals surface area (Å²) in [4.78, 5) is 18.0. The van der Waals surface area contributed by atoms with E-state index in [0.29, 0.717) is 11.5 Å². The van der Waals surface area contributed by atoms with Gasteiger partial charge < -0.3 is 4.98 Å². The number of halogens is 2. The Morgan fingerprint density at radius 3 is 2.62 bits per heavy atom.